The molecule has 0 bridgehead atoms. The first-order valence-electron chi connectivity index (χ1n) is 5.51. The minimum Gasteiger partial charge on any atom is -0.395 e. The van der Waals surface area contributed by atoms with E-state index in [-0.39, 0.29) is 24.8 Å². The zero-order valence-electron chi connectivity index (χ0n) is 10.0. The van der Waals surface area contributed by atoms with Gasteiger partial charge in [0.05, 0.1) is 23.2 Å². The first-order valence-corrected chi connectivity index (χ1v) is 7.86. The van der Waals surface area contributed by atoms with Gasteiger partial charge >= 0.3 is 0 Å². The monoisotopic (exact) mass is 329 g/mol. The van der Waals surface area contributed by atoms with Crippen LogP contribution in [-0.2, 0) is 10.5 Å². The second kappa shape index (κ2) is 8.73. The average molecular weight is 330 g/mol. The molecule has 8 heteroatoms. The van der Waals surface area contributed by atoms with Gasteiger partial charge in [-0.05, 0) is 12.1 Å². The number of amides is 1. The van der Waals surface area contributed by atoms with Crippen molar-refractivity contribution in [2.24, 2.45) is 0 Å². The molecule has 0 saturated carbocycles. The molecule has 1 heterocycles. The Kier molecular flexibility index (Phi) is 7.67. The fraction of sp³-hybridized carbons (Fsp3) is 0.545. The highest BCUT2D eigenvalue weighted by Crippen LogP contribution is 2.25. The van der Waals surface area contributed by atoms with Crippen molar-refractivity contribution in [3.05, 3.63) is 21.3 Å². The molecular weight excluding hydrogens is 316 g/mol. The Bertz CT molecular complexity index is 404. The van der Waals surface area contributed by atoms with Crippen LogP contribution in [0.5, 0.6) is 0 Å². The molecule has 0 saturated heterocycles. The predicted molar refractivity (Wildman–Crippen MR) is 75.2 cm³/mol. The van der Waals surface area contributed by atoms with E-state index in [0.29, 0.717) is 10.1 Å². The minimum absolute atomic E-state index is 0.0609. The summed E-state index contributed by atoms with van der Waals surface area (Å²) in [5.74, 6) is 0.342. The standard InChI is InChI=1S/C11H14ClF2NO2S2/c12-9-2-1-8(19-9)6-18-7-11(17)15(3-4-16)5-10(13)14/h1-2,10,16H,3-7H2. The van der Waals surface area contributed by atoms with Crippen molar-refractivity contribution < 1.29 is 18.7 Å². The number of nitrogens with zero attached hydrogens (tertiary/aromatic N) is 1. The number of thiophene rings is 1. The SMILES string of the molecule is O=C(CSCc1ccc(Cl)s1)N(CCO)CC(F)F. The zero-order valence-corrected chi connectivity index (χ0v) is 12.4. The normalized spacial score (nSPS) is 11.0. The Labute approximate surface area is 123 Å². The van der Waals surface area contributed by atoms with E-state index in [0.717, 1.165) is 9.78 Å². The molecule has 1 N–H and O–H groups in total. The summed E-state index contributed by atoms with van der Waals surface area (Å²) in [6.07, 6.45) is -2.59. The van der Waals surface area contributed by atoms with E-state index in [2.05, 4.69) is 0 Å². The third kappa shape index (κ3) is 6.56. The molecule has 1 amide bonds. The van der Waals surface area contributed by atoms with Crippen molar-refractivity contribution >= 4 is 40.6 Å². The number of carbonyl (C=O) groups excluding carboxylic acids is 1. The number of hydrogen-bond donors (Lipinski definition) is 1. The van der Waals surface area contributed by atoms with Gasteiger partial charge in [-0.25, -0.2) is 8.78 Å². The van der Waals surface area contributed by atoms with E-state index >= 15 is 0 Å². The maximum atomic E-state index is 12.3. The molecule has 0 spiro atoms. The van der Waals surface area contributed by atoms with Crippen LogP contribution in [-0.4, -0.2) is 47.8 Å². The summed E-state index contributed by atoms with van der Waals surface area (Å²) in [4.78, 5) is 13.7. The first kappa shape index (κ1) is 16.7. The average Bonchev–Trinajstić information content (AvgIpc) is 2.74. The van der Waals surface area contributed by atoms with Crippen molar-refractivity contribution in [3.8, 4) is 0 Å². The minimum atomic E-state index is -2.59. The lowest BCUT2D eigenvalue weighted by molar-refractivity contribution is -0.130. The van der Waals surface area contributed by atoms with Gasteiger partial charge in [-0.15, -0.1) is 23.1 Å². The Hall–Kier alpha value is -0.370. The van der Waals surface area contributed by atoms with Gasteiger partial charge in [0.2, 0.25) is 5.91 Å². The summed E-state index contributed by atoms with van der Waals surface area (Å²) in [6, 6.07) is 3.65. The molecule has 0 unspecified atom stereocenters. The molecular formula is C11H14ClF2NO2S2. The van der Waals surface area contributed by atoms with Gasteiger partial charge in [0.1, 0.15) is 0 Å². The summed E-state index contributed by atoms with van der Waals surface area (Å²) < 4.78 is 25.2. The van der Waals surface area contributed by atoms with Crippen LogP contribution in [0.1, 0.15) is 4.88 Å². The molecule has 0 aromatic carbocycles. The topological polar surface area (TPSA) is 40.5 Å². The van der Waals surface area contributed by atoms with E-state index in [1.807, 2.05) is 6.07 Å². The molecule has 1 aromatic rings. The lowest BCUT2D eigenvalue weighted by atomic mass is 10.4. The fourth-order valence-corrected chi connectivity index (χ4v) is 3.49. The number of thioether (sulfide) groups is 1. The quantitative estimate of drug-likeness (QED) is 0.797. The van der Waals surface area contributed by atoms with E-state index in [1.54, 1.807) is 6.07 Å². The highest BCUT2D eigenvalue weighted by atomic mass is 35.5. The van der Waals surface area contributed by atoms with Gasteiger partial charge in [-0.2, -0.15) is 0 Å². The first-order chi connectivity index (χ1) is 9.02. The molecule has 0 aliphatic carbocycles. The number of aliphatic hydroxyl groups excluding tert-OH is 1. The highest BCUT2D eigenvalue weighted by molar-refractivity contribution is 7.99. The largest absolute Gasteiger partial charge is 0.395 e. The molecule has 0 radical (unpaired) electrons. The number of rotatable bonds is 8. The van der Waals surface area contributed by atoms with Crippen molar-refractivity contribution in [1.82, 2.24) is 4.90 Å². The molecule has 1 aromatic heterocycles. The fourth-order valence-electron chi connectivity index (χ4n) is 1.36. The van der Waals surface area contributed by atoms with Crippen molar-refractivity contribution in [2.75, 3.05) is 25.4 Å². The van der Waals surface area contributed by atoms with Crippen molar-refractivity contribution in [3.63, 3.8) is 0 Å². The second-order valence-corrected chi connectivity index (χ2v) is 6.44. The summed E-state index contributed by atoms with van der Waals surface area (Å²) in [6.45, 7) is -1.01. The summed E-state index contributed by atoms with van der Waals surface area (Å²) in [5, 5.41) is 8.75. The third-order valence-corrected chi connectivity index (χ3v) is 4.56. The predicted octanol–water partition coefficient (Wildman–Crippen LogP) is 2.72. The Morgan fingerprint density at radius 3 is 2.79 bits per heavy atom. The molecule has 108 valence electrons. The number of halogens is 3. The Balaban J connectivity index is 2.35. The van der Waals surface area contributed by atoms with Crippen LogP contribution in [0.4, 0.5) is 8.78 Å². The number of carbonyl (C=O) groups is 1. The summed E-state index contributed by atoms with van der Waals surface area (Å²) >= 11 is 8.55. The van der Waals surface area contributed by atoms with E-state index in [4.69, 9.17) is 16.7 Å². The van der Waals surface area contributed by atoms with Crippen LogP contribution in [0.15, 0.2) is 12.1 Å². The smallest absolute Gasteiger partial charge is 0.255 e. The van der Waals surface area contributed by atoms with E-state index < -0.39 is 13.0 Å². The van der Waals surface area contributed by atoms with Gasteiger partial charge < -0.3 is 10.0 Å². The maximum Gasteiger partial charge on any atom is 0.255 e. The van der Waals surface area contributed by atoms with Crippen LogP contribution < -0.4 is 0 Å². The van der Waals surface area contributed by atoms with Crippen LogP contribution >= 0.6 is 34.7 Å². The van der Waals surface area contributed by atoms with Gasteiger partial charge in [0.25, 0.3) is 6.43 Å². The maximum absolute atomic E-state index is 12.3. The van der Waals surface area contributed by atoms with E-state index in [9.17, 15) is 13.6 Å². The molecule has 1 rings (SSSR count). The van der Waals surface area contributed by atoms with Crippen molar-refractivity contribution in [2.45, 2.75) is 12.2 Å². The molecule has 3 nitrogen and oxygen atoms in total. The molecule has 0 aliphatic rings. The van der Waals surface area contributed by atoms with Gasteiger partial charge in [-0.3, -0.25) is 4.79 Å². The molecule has 19 heavy (non-hydrogen) atoms. The van der Waals surface area contributed by atoms with Crippen LogP contribution in [0, 0.1) is 0 Å². The van der Waals surface area contributed by atoms with Gasteiger partial charge in [0.15, 0.2) is 0 Å². The molecule has 0 fully saturated rings. The molecule has 0 aliphatic heterocycles. The number of aliphatic hydroxyl groups is 1. The van der Waals surface area contributed by atoms with E-state index in [1.165, 1.54) is 23.1 Å². The van der Waals surface area contributed by atoms with Gasteiger partial charge in [0, 0.05) is 17.2 Å². The van der Waals surface area contributed by atoms with Crippen LogP contribution in [0.3, 0.4) is 0 Å². The lowest BCUT2D eigenvalue weighted by Gasteiger charge is -2.20. The lowest BCUT2D eigenvalue weighted by Crippen LogP contribution is -2.38. The second-order valence-electron chi connectivity index (χ2n) is 3.65. The third-order valence-electron chi connectivity index (χ3n) is 2.18. The highest BCUT2D eigenvalue weighted by Gasteiger charge is 2.17. The Morgan fingerprint density at radius 2 is 2.26 bits per heavy atom. The van der Waals surface area contributed by atoms with Gasteiger partial charge in [-0.1, -0.05) is 11.6 Å². The van der Waals surface area contributed by atoms with Crippen LogP contribution in [0.25, 0.3) is 0 Å². The summed E-state index contributed by atoms with van der Waals surface area (Å²) in [5.41, 5.74) is 0. The van der Waals surface area contributed by atoms with Crippen molar-refractivity contribution in [1.29, 1.82) is 0 Å². The molecule has 0 atom stereocenters. The summed E-state index contributed by atoms with van der Waals surface area (Å²) in [7, 11) is 0. The number of alkyl halides is 2. The number of hydrogen-bond acceptors (Lipinski definition) is 4. The zero-order chi connectivity index (χ0) is 14.3. The Morgan fingerprint density at radius 1 is 1.53 bits per heavy atom. The van der Waals surface area contributed by atoms with Crippen LogP contribution in [0.2, 0.25) is 4.34 Å².